The summed E-state index contributed by atoms with van der Waals surface area (Å²) in [5.41, 5.74) is 0.738. The third kappa shape index (κ3) is 5.59. The third-order valence-corrected chi connectivity index (χ3v) is 4.07. The lowest BCUT2D eigenvalue weighted by Crippen LogP contribution is -2.00. The van der Waals surface area contributed by atoms with Crippen molar-refractivity contribution in [2.75, 3.05) is 19.0 Å². The lowest BCUT2D eigenvalue weighted by Gasteiger charge is -2.02. The van der Waals surface area contributed by atoms with E-state index in [1.165, 1.54) is 50.6 Å². The first-order valence-corrected chi connectivity index (χ1v) is 7.80. The largest absolute Gasteiger partial charge is 0.465 e. The molecule has 0 amide bonds. The average Bonchev–Trinajstić information content (AvgIpc) is 2.78. The standard InChI is InChI=1S/C14H24N2O2S/c1-4-5-6-7-8-9-10-15-14-16-11(2)12(19-14)13(17)18-3/h4-10H2,1-3H3,(H,15,16). The van der Waals surface area contributed by atoms with Gasteiger partial charge in [-0.2, -0.15) is 0 Å². The number of unbranched alkanes of at least 4 members (excludes halogenated alkanes) is 5. The average molecular weight is 284 g/mol. The molecule has 4 nitrogen and oxygen atoms in total. The highest BCUT2D eigenvalue weighted by molar-refractivity contribution is 7.17. The van der Waals surface area contributed by atoms with E-state index in [1.807, 2.05) is 6.92 Å². The van der Waals surface area contributed by atoms with Crippen LogP contribution in [0.15, 0.2) is 0 Å². The molecule has 108 valence electrons. The van der Waals surface area contributed by atoms with Crippen LogP contribution in [-0.4, -0.2) is 24.6 Å². The summed E-state index contributed by atoms with van der Waals surface area (Å²) >= 11 is 1.37. The number of aryl methyl sites for hydroxylation is 1. The SMILES string of the molecule is CCCCCCCCNc1nc(C)c(C(=O)OC)s1. The van der Waals surface area contributed by atoms with Crippen molar-refractivity contribution >= 4 is 22.4 Å². The minimum Gasteiger partial charge on any atom is -0.465 e. The van der Waals surface area contributed by atoms with Crippen LogP contribution in [0.1, 0.15) is 60.8 Å². The van der Waals surface area contributed by atoms with Crippen molar-refractivity contribution in [3.8, 4) is 0 Å². The van der Waals surface area contributed by atoms with Crippen molar-refractivity contribution in [1.82, 2.24) is 4.98 Å². The van der Waals surface area contributed by atoms with Crippen molar-refractivity contribution in [1.29, 1.82) is 0 Å². The highest BCUT2D eigenvalue weighted by Crippen LogP contribution is 2.23. The van der Waals surface area contributed by atoms with Crippen LogP contribution in [0.4, 0.5) is 5.13 Å². The zero-order valence-electron chi connectivity index (χ0n) is 12.1. The van der Waals surface area contributed by atoms with Gasteiger partial charge in [0.2, 0.25) is 0 Å². The summed E-state index contributed by atoms with van der Waals surface area (Å²) in [5.74, 6) is -0.303. The molecular weight excluding hydrogens is 260 g/mol. The number of aromatic nitrogens is 1. The maximum absolute atomic E-state index is 11.4. The number of rotatable bonds is 9. The summed E-state index contributed by atoms with van der Waals surface area (Å²) in [7, 11) is 1.39. The maximum atomic E-state index is 11.4. The van der Waals surface area contributed by atoms with E-state index in [9.17, 15) is 4.79 Å². The number of methoxy groups -OCH3 is 1. The highest BCUT2D eigenvalue weighted by atomic mass is 32.1. The van der Waals surface area contributed by atoms with Gasteiger partial charge in [-0.15, -0.1) is 0 Å². The van der Waals surface area contributed by atoms with Gasteiger partial charge >= 0.3 is 5.97 Å². The van der Waals surface area contributed by atoms with Crippen molar-refractivity contribution in [3.63, 3.8) is 0 Å². The Hall–Kier alpha value is -1.10. The normalized spacial score (nSPS) is 10.5. The second kappa shape index (κ2) is 8.91. The minimum atomic E-state index is -0.303. The molecule has 0 unspecified atom stereocenters. The topological polar surface area (TPSA) is 51.2 Å². The van der Waals surface area contributed by atoms with E-state index in [1.54, 1.807) is 0 Å². The zero-order chi connectivity index (χ0) is 14.1. The summed E-state index contributed by atoms with van der Waals surface area (Å²) in [5, 5.41) is 4.09. The fourth-order valence-electron chi connectivity index (χ4n) is 1.85. The number of thiazole rings is 1. The van der Waals surface area contributed by atoms with Gasteiger partial charge in [-0.3, -0.25) is 0 Å². The molecule has 1 aromatic heterocycles. The molecule has 1 rings (SSSR count). The summed E-state index contributed by atoms with van der Waals surface area (Å²) in [6.07, 6.45) is 7.66. The van der Waals surface area contributed by atoms with Gasteiger partial charge in [-0.1, -0.05) is 50.4 Å². The van der Waals surface area contributed by atoms with E-state index in [4.69, 9.17) is 4.74 Å². The monoisotopic (exact) mass is 284 g/mol. The molecule has 0 aliphatic carbocycles. The van der Waals surface area contributed by atoms with Gasteiger partial charge in [0.1, 0.15) is 4.88 Å². The van der Waals surface area contributed by atoms with Crippen LogP contribution in [0.25, 0.3) is 0 Å². The molecule has 1 heterocycles. The molecule has 0 aromatic carbocycles. The van der Waals surface area contributed by atoms with Crippen LogP contribution in [0.3, 0.4) is 0 Å². The number of hydrogen-bond acceptors (Lipinski definition) is 5. The molecule has 19 heavy (non-hydrogen) atoms. The molecular formula is C14H24N2O2S. The smallest absolute Gasteiger partial charge is 0.350 e. The van der Waals surface area contributed by atoms with Crippen LogP contribution in [0.2, 0.25) is 0 Å². The van der Waals surface area contributed by atoms with Gasteiger partial charge in [0.15, 0.2) is 5.13 Å². The maximum Gasteiger partial charge on any atom is 0.350 e. The van der Waals surface area contributed by atoms with E-state index >= 15 is 0 Å². The fraction of sp³-hybridized carbons (Fsp3) is 0.714. The number of nitrogens with one attached hydrogen (secondary N) is 1. The van der Waals surface area contributed by atoms with Crippen molar-refractivity contribution in [3.05, 3.63) is 10.6 Å². The summed E-state index contributed by atoms with van der Waals surface area (Å²) in [4.78, 5) is 16.4. The number of anilines is 1. The number of carbonyl (C=O) groups excluding carboxylic acids is 1. The van der Waals surface area contributed by atoms with Gasteiger partial charge in [0.25, 0.3) is 0 Å². The lowest BCUT2D eigenvalue weighted by molar-refractivity contribution is 0.0605. The van der Waals surface area contributed by atoms with E-state index in [2.05, 4.69) is 17.2 Å². The van der Waals surface area contributed by atoms with Crippen LogP contribution >= 0.6 is 11.3 Å². The Bertz CT molecular complexity index is 391. The molecule has 0 atom stereocenters. The number of carbonyl (C=O) groups is 1. The number of esters is 1. The van der Waals surface area contributed by atoms with Crippen molar-refractivity contribution in [2.24, 2.45) is 0 Å². The molecule has 0 aliphatic rings. The molecule has 0 saturated carbocycles. The van der Waals surface area contributed by atoms with E-state index < -0.39 is 0 Å². The Labute approximate surface area is 119 Å². The van der Waals surface area contributed by atoms with Gasteiger partial charge in [0, 0.05) is 6.54 Å². The Morgan fingerprint density at radius 2 is 1.95 bits per heavy atom. The van der Waals surface area contributed by atoms with Gasteiger partial charge in [-0.05, 0) is 13.3 Å². The molecule has 0 fully saturated rings. The Kier molecular flexibility index (Phi) is 7.48. The van der Waals surface area contributed by atoms with Crippen LogP contribution < -0.4 is 5.32 Å². The van der Waals surface area contributed by atoms with Gasteiger partial charge in [-0.25, -0.2) is 9.78 Å². The number of hydrogen-bond donors (Lipinski definition) is 1. The van der Waals surface area contributed by atoms with Gasteiger partial charge < -0.3 is 10.1 Å². The van der Waals surface area contributed by atoms with E-state index in [0.717, 1.165) is 23.8 Å². The van der Waals surface area contributed by atoms with E-state index in [0.29, 0.717) is 4.88 Å². The molecule has 0 aliphatic heterocycles. The molecule has 5 heteroatoms. The number of ether oxygens (including phenoxy) is 1. The Morgan fingerprint density at radius 3 is 2.63 bits per heavy atom. The minimum absolute atomic E-state index is 0.303. The van der Waals surface area contributed by atoms with Gasteiger partial charge in [0.05, 0.1) is 12.8 Å². The molecule has 0 radical (unpaired) electrons. The summed E-state index contributed by atoms with van der Waals surface area (Å²) < 4.78 is 4.71. The Balaban J connectivity index is 2.25. The zero-order valence-corrected chi connectivity index (χ0v) is 12.9. The Morgan fingerprint density at radius 1 is 1.26 bits per heavy atom. The van der Waals surface area contributed by atoms with Crippen LogP contribution in [0.5, 0.6) is 0 Å². The quantitative estimate of drug-likeness (QED) is 0.550. The van der Waals surface area contributed by atoms with Crippen LogP contribution in [0, 0.1) is 6.92 Å². The first-order chi connectivity index (χ1) is 9.19. The molecule has 0 saturated heterocycles. The second-order valence-corrected chi connectivity index (χ2v) is 5.62. The first-order valence-electron chi connectivity index (χ1n) is 6.98. The number of nitrogens with zero attached hydrogens (tertiary/aromatic N) is 1. The van der Waals surface area contributed by atoms with Crippen molar-refractivity contribution < 1.29 is 9.53 Å². The molecule has 1 N–H and O–H groups in total. The predicted molar refractivity (Wildman–Crippen MR) is 80.1 cm³/mol. The first kappa shape index (κ1) is 16.0. The lowest BCUT2D eigenvalue weighted by atomic mass is 10.1. The van der Waals surface area contributed by atoms with Crippen LogP contribution in [-0.2, 0) is 4.74 Å². The predicted octanol–water partition coefficient (Wildman–Crippen LogP) is 4.01. The fourth-order valence-corrected chi connectivity index (χ4v) is 2.76. The second-order valence-electron chi connectivity index (χ2n) is 4.62. The summed E-state index contributed by atoms with van der Waals surface area (Å²) in [6, 6.07) is 0. The molecule has 0 spiro atoms. The summed E-state index contributed by atoms with van der Waals surface area (Å²) in [6.45, 7) is 4.98. The molecule has 0 bridgehead atoms. The molecule has 1 aromatic rings. The third-order valence-electron chi connectivity index (χ3n) is 2.97. The highest BCUT2D eigenvalue weighted by Gasteiger charge is 2.15. The van der Waals surface area contributed by atoms with Crippen molar-refractivity contribution in [2.45, 2.75) is 52.4 Å². The van der Waals surface area contributed by atoms with E-state index in [-0.39, 0.29) is 5.97 Å².